The van der Waals surface area contributed by atoms with Crippen LogP contribution in [-0.4, -0.2) is 16.3 Å². The highest BCUT2D eigenvalue weighted by atomic mass is 32.2. The van der Waals surface area contributed by atoms with Crippen LogP contribution in [0.2, 0.25) is 0 Å². The molecule has 0 saturated carbocycles. The first-order valence-electron chi connectivity index (χ1n) is 5.11. The Labute approximate surface area is 110 Å². The van der Waals surface area contributed by atoms with Crippen LogP contribution in [0.1, 0.15) is 15.9 Å². The standard InChI is InChI=1S/C12H7F3N2OS/c13-12(14,15)9-5-8(6-18)1-2-10(9)19-11-3-4-16-7-17-11/h1-7H. The molecule has 0 atom stereocenters. The highest BCUT2D eigenvalue weighted by Gasteiger charge is 2.34. The van der Waals surface area contributed by atoms with Crippen LogP contribution in [0.3, 0.4) is 0 Å². The third-order valence-electron chi connectivity index (χ3n) is 2.21. The zero-order chi connectivity index (χ0) is 13.9. The number of nitrogens with zero attached hydrogens (tertiary/aromatic N) is 2. The van der Waals surface area contributed by atoms with Crippen molar-refractivity contribution in [2.24, 2.45) is 0 Å². The zero-order valence-electron chi connectivity index (χ0n) is 9.39. The van der Waals surface area contributed by atoms with Crippen molar-refractivity contribution in [3.8, 4) is 0 Å². The number of carbonyl (C=O) groups excluding carboxylic acids is 1. The lowest BCUT2D eigenvalue weighted by Gasteiger charge is -2.12. The zero-order valence-corrected chi connectivity index (χ0v) is 10.2. The van der Waals surface area contributed by atoms with Gasteiger partial charge in [-0.2, -0.15) is 13.2 Å². The summed E-state index contributed by atoms with van der Waals surface area (Å²) in [5, 5.41) is 0.402. The largest absolute Gasteiger partial charge is 0.417 e. The molecule has 2 aromatic rings. The maximum absolute atomic E-state index is 12.9. The maximum Gasteiger partial charge on any atom is 0.417 e. The molecule has 0 aliphatic carbocycles. The molecule has 7 heteroatoms. The van der Waals surface area contributed by atoms with Gasteiger partial charge in [0.05, 0.1) is 5.56 Å². The summed E-state index contributed by atoms with van der Waals surface area (Å²) in [6, 6.07) is 4.94. The van der Waals surface area contributed by atoms with Crippen molar-refractivity contribution in [1.29, 1.82) is 0 Å². The molecule has 0 fully saturated rings. The fourth-order valence-corrected chi connectivity index (χ4v) is 2.26. The van der Waals surface area contributed by atoms with Crippen molar-refractivity contribution in [3.05, 3.63) is 47.9 Å². The minimum absolute atomic E-state index is 0.00296. The molecule has 0 N–H and O–H groups in total. The second-order valence-electron chi connectivity index (χ2n) is 3.52. The van der Waals surface area contributed by atoms with Crippen molar-refractivity contribution in [2.45, 2.75) is 16.1 Å². The summed E-state index contributed by atoms with van der Waals surface area (Å²) in [6.07, 6.45) is -1.43. The molecule has 19 heavy (non-hydrogen) atoms. The van der Waals surface area contributed by atoms with Gasteiger partial charge in [0.25, 0.3) is 0 Å². The number of hydrogen-bond acceptors (Lipinski definition) is 4. The Morgan fingerprint density at radius 3 is 2.58 bits per heavy atom. The van der Waals surface area contributed by atoms with Gasteiger partial charge in [-0.1, -0.05) is 17.8 Å². The quantitative estimate of drug-likeness (QED) is 0.639. The second-order valence-corrected chi connectivity index (χ2v) is 4.58. The van der Waals surface area contributed by atoms with Gasteiger partial charge in [0.2, 0.25) is 0 Å². The van der Waals surface area contributed by atoms with Gasteiger partial charge < -0.3 is 0 Å². The molecule has 3 nitrogen and oxygen atoms in total. The van der Waals surface area contributed by atoms with Crippen LogP contribution in [0.4, 0.5) is 13.2 Å². The summed E-state index contributed by atoms with van der Waals surface area (Å²) in [4.78, 5) is 18.1. The maximum atomic E-state index is 12.9. The molecule has 98 valence electrons. The summed E-state index contributed by atoms with van der Waals surface area (Å²) in [7, 11) is 0. The monoisotopic (exact) mass is 284 g/mol. The van der Waals surface area contributed by atoms with Crippen LogP contribution >= 0.6 is 11.8 Å². The topological polar surface area (TPSA) is 42.9 Å². The van der Waals surface area contributed by atoms with Crippen molar-refractivity contribution in [3.63, 3.8) is 0 Å². The van der Waals surface area contributed by atoms with Gasteiger partial charge in [-0.3, -0.25) is 4.79 Å². The van der Waals surface area contributed by atoms with E-state index < -0.39 is 11.7 Å². The molecule has 0 amide bonds. The smallest absolute Gasteiger partial charge is 0.298 e. The average Bonchev–Trinajstić information content (AvgIpc) is 2.39. The van der Waals surface area contributed by atoms with Crippen molar-refractivity contribution < 1.29 is 18.0 Å². The van der Waals surface area contributed by atoms with E-state index in [1.807, 2.05) is 0 Å². The molecule has 2 rings (SSSR count). The minimum Gasteiger partial charge on any atom is -0.298 e. The van der Waals surface area contributed by atoms with Crippen LogP contribution in [0.15, 0.2) is 46.7 Å². The van der Waals surface area contributed by atoms with Crippen LogP contribution in [0.5, 0.6) is 0 Å². The third-order valence-corrected chi connectivity index (χ3v) is 3.24. The van der Waals surface area contributed by atoms with Crippen LogP contribution in [0.25, 0.3) is 0 Å². The average molecular weight is 284 g/mol. The number of rotatable bonds is 3. The number of aromatic nitrogens is 2. The summed E-state index contributed by atoms with van der Waals surface area (Å²) in [5.74, 6) is 0. The second kappa shape index (κ2) is 5.40. The van der Waals surface area contributed by atoms with Crippen molar-refractivity contribution in [2.75, 3.05) is 0 Å². The first-order valence-corrected chi connectivity index (χ1v) is 5.92. The van der Waals surface area contributed by atoms with Gasteiger partial charge in [-0.25, -0.2) is 9.97 Å². The van der Waals surface area contributed by atoms with Crippen molar-refractivity contribution >= 4 is 18.0 Å². The Morgan fingerprint density at radius 2 is 2.00 bits per heavy atom. The summed E-state index contributed by atoms with van der Waals surface area (Å²) in [5.41, 5.74) is -0.861. The molecule has 1 aromatic heterocycles. The highest BCUT2D eigenvalue weighted by molar-refractivity contribution is 7.99. The molecule has 1 heterocycles. The number of aldehydes is 1. The predicted octanol–water partition coefficient (Wildman–Crippen LogP) is 3.46. The SMILES string of the molecule is O=Cc1ccc(Sc2ccncn2)c(C(F)(F)F)c1. The normalized spacial score (nSPS) is 11.3. The van der Waals surface area contributed by atoms with Crippen LogP contribution in [-0.2, 0) is 6.18 Å². The van der Waals surface area contributed by atoms with Gasteiger partial charge in [0.1, 0.15) is 17.6 Å². The number of carbonyl (C=O) groups is 1. The Kier molecular flexibility index (Phi) is 3.84. The molecule has 0 unspecified atom stereocenters. The molecule has 0 bridgehead atoms. The van der Waals surface area contributed by atoms with Gasteiger partial charge in [0, 0.05) is 16.7 Å². The fourth-order valence-electron chi connectivity index (χ4n) is 1.38. The number of alkyl halides is 3. The van der Waals surface area contributed by atoms with E-state index in [1.165, 1.54) is 30.7 Å². The van der Waals surface area contributed by atoms with E-state index in [4.69, 9.17) is 0 Å². The molecule has 1 aromatic carbocycles. The molecular weight excluding hydrogens is 277 g/mol. The first kappa shape index (κ1) is 13.5. The Balaban J connectivity index is 2.42. The summed E-state index contributed by atoms with van der Waals surface area (Å²) >= 11 is 0.873. The number of hydrogen-bond donors (Lipinski definition) is 0. The minimum atomic E-state index is -4.52. The summed E-state index contributed by atoms with van der Waals surface area (Å²) < 4.78 is 38.7. The lowest BCUT2D eigenvalue weighted by molar-refractivity contribution is -0.139. The Bertz CT molecular complexity index is 587. The third kappa shape index (κ3) is 3.31. The van der Waals surface area contributed by atoms with Gasteiger partial charge in [-0.05, 0) is 18.2 Å². The van der Waals surface area contributed by atoms with Gasteiger partial charge in [-0.15, -0.1) is 0 Å². The van der Waals surface area contributed by atoms with E-state index in [-0.39, 0.29) is 10.5 Å². The lowest BCUT2D eigenvalue weighted by Crippen LogP contribution is -2.07. The van der Waals surface area contributed by atoms with E-state index in [0.29, 0.717) is 11.3 Å². The van der Waals surface area contributed by atoms with E-state index in [9.17, 15) is 18.0 Å². The number of benzene rings is 1. The van der Waals surface area contributed by atoms with Gasteiger partial charge in [0.15, 0.2) is 0 Å². The molecule has 0 saturated heterocycles. The van der Waals surface area contributed by atoms with E-state index in [1.54, 1.807) is 0 Å². The predicted molar refractivity (Wildman–Crippen MR) is 63.0 cm³/mol. The molecule has 0 radical (unpaired) electrons. The lowest BCUT2D eigenvalue weighted by atomic mass is 10.1. The molecule has 0 spiro atoms. The van der Waals surface area contributed by atoms with E-state index in [0.717, 1.165) is 17.8 Å². The van der Waals surface area contributed by atoms with E-state index in [2.05, 4.69) is 9.97 Å². The van der Waals surface area contributed by atoms with Crippen molar-refractivity contribution in [1.82, 2.24) is 9.97 Å². The number of halogens is 3. The highest BCUT2D eigenvalue weighted by Crippen LogP contribution is 2.39. The molecule has 0 aliphatic heterocycles. The van der Waals surface area contributed by atoms with Gasteiger partial charge >= 0.3 is 6.18 Å². The Hall–Kier alpha value is -1.89. The fraction of sp³-hybridized carbons (Fsp3) is 0.0833. The molecule has 0 aliphatic rings. The summed E-state index contributed by atoms with van der Waals surface area (Å²) in [6.45, 7) is 0. The van der Waals surface area contributed by atoms with Crippen LogP contribution in [0, 0.1) is 0 Å². The Morgan fingerprint density at radius 1 is 1.21 bits per heavy atom. The molecular formula is C12H7F3N2OS. The van der Waals surface area contributed by atoms with E-state index >= 15 is 0 Å². The first-order chi connectivity index (χ1) is 9.00. The van der Waals surface area contributed by atoms with Crippen LogP contribution < -0.4 is 0 Å².